The highest BCUT2D eigenvalue weighted by Crippen LogP contribution is 2.12. The summed E-state index contributed by atoms with van der Waals surface area (Å²) in [7, 11) is 0. The van der Waals surface area contributed by atoms with Crippen LogP contribution in [0.2, 0.25) is 5.02 Å². The highest BCUT2D eigenvalue weighted by molar-refractivity contribution is 14.1. The number of carbonyl (C=O) groups is 1. The van der Waals surface area contributed by atoms with Crippen molar-refractivity contribution in [2.45, 2.75) is 0 Å². The van der Waals surface area contributed by atoms with Crippen LogP contribution < -0.4 is 10.7 Å². The number of rotatable bonds is 5. The second-order valence-corrected chi connectivity index (χ2v) is 5.30. The molecule has 0 saturated heterocycles. The summed E-state index contributed by atoms with van der Waals surface area (Å²) in [4.78, 5) is 11.5. The van der Waals surface area contributed by atoms with Gasteiger partial charge in [-0.25, -0.2) is 5.43 Å². The van der Waals surface area contributed by atoms with Crippen LogP contribution in [0.5, 0.6) is 0 Å². The topological polar surface area (TPSA) is 66.6 Å². The summed E-state index contributed by atoms with van der Waals surface area (Å²) in [6.45, 7) is 0.120. The van der Waals surface area contributed by atoms with E-state index >= 15 is 0 Å². The quantitative estimate of drug-likeness (QED) is 0.458. The smallest absolute Gasteiger partial charge is 0.259 e. The summed E-state index contributed by atoms with van der Waals surface area (Å²) in [5, 5.41) is 7.40. The van der Waals surface area contributed by atoms with Crippen LogP contribution in [-0.4, -0.2) is 18.7 Å². The number of nitrogens with one attached hydrogen (secondary N) is 2. The first-order valence-electron chi connectivity index (χ1n) is 5.70. The van der Waals surface area contributed by atoms with Gasteiger partial charge in [-0.05, 0) is 59.0 Å². The van der Waals surface area contributed by atoms with Gasteiger partial charge in [-0.15, -0.1) is 0 Å². The van der Waals surface area contributed by atoms with E-state index < -0.39 is 0 Å². The van der Waals surface area contributed by atoms with E-state index in [9.17, 15) is 4.79 Å². The van der Waals surface area contributed by atoms with Crippen LogP contribution in [0.1, 0.15) is 5.76 Å². The number of carbonyl (C=O) groups excluding carboxylic acids is 1. The SMILES string of the molecule is O=C(CNc1ccc(Cl)cc1)N/N=C\c1ccc(I)o1. The molecule has 0 aliphatic carbocycles. The van der Waals surface area contributed by atoms with Crippen molar-refractivity contribution in [3.05, 3.63) is 50.9 Å². The molecule has 0 spiro atoms. The molecule has 1 amide bonds. The van der Waals surface area contributed by atoms with Gasteiger partial charge in [-0.3, -0.25) is 4.79 Å². The van der Waals surface area contributed by atoms with Crippen LogP contribution in [0.3, 0.4) is 0 Å². The fourth-order valence-corrected chi connectivity index (χ4v) is 1.92. The maximum atomic E-state index is 11.5. The lowest BCUT2D eigenvalue weighted by Gasteiger charge is -2.04. The minimum Gasteiger partial charge on any atom is -0.449 e. The molecule has 0 aliphatic heterocycles. The van der Waals surface area contributed by atoms with Gasteiger partial charge in [0.1, 0.15) is 5.76 Å². The molecule has 2 rings (SSSR count). The van der Waals surface area contributed by atoms with Crippen LogP contribution in [0.4, 0.5) is 5.69 Å². The van der Waals surface area contributed by atoms with Crippen molar-refractivity contribution >= 4 is 52.0 Å². The number of furan rings is 1. The summed E-state index contributed by atoms with van der Waals surface area (Å²) >= 11 is 7.82. The van der Waals surface area contributed by atoms with Gasteiger partial charge < -0.3 is 9.73 Å². The zero-order valence-electron chi connectivity index (χ0n) is 10.3. The third kappa shape index (κ3) is 4.86. The molecule has 0 bridgehead atoms. The van der Waals surface area contributed by atoms with Gasteiger partial charge in [0.25, 0.3) is 5.91 Å². The maximum absolute atomic E-state index is 11.5. The van der Waals surface area contributed by atoms with E-state index in [0.29, 0.717) is 10.8 Å². The maximum Gasteiger partial charge on any atom is 0.259 e. The molecule has 20 heavy (non-hydrogen) atoms. The number of anilines is 1. The first-order valence-corrected chi connectivity index (χ1v) is 7.16. The van der Waals surface area contributed by atoms with Gasteiger partial charge in [0.2, 0.25) is 0 Å². The van der Waals surface area contributed by atoms with E-state index in [1.54, 1.807) is 30.3 Å². The summed E-state index contributed by atoms with van der Waals surface area (Å²) in [6.07, 6.45) is 1.45. The Kier molecular flexibility index (Phi) is 5.42. The van der Waals surface area contributed by atoms with Gasteiger partial charge >= 0.3 is 0 Å². The zero-order chi connectivity index (χ0) is 14.4. The van der Waals surface area contributed by atoms with Crippen LogP contribution in [0.15, 0.2) is 45.9 Å². The van der Waals surface area contributed by atoms with Crippen molar-refractivity contribution in [3.63, 3.8) is 0 Å². The second-order valence-electron chi connectivity index (χ2n) is 3.80. The van der Waals surface area contributed by atoms with Crippen LogP contribution in [0, 0.1) is 3.77 Å². The predicted octanol–water partition coefficient (Wildman–Crippen LogP) is 3.10. The van der Waals surface area contributed by atoms with E-state index in [1.807, 2.05) is 6.07 Å². The second kappa shape index (κ2) is 7.30. The van der Waals surface area contributed by atoms with Crippen molar-refractivity contribution in [2.24, 2.45) is 5.10 Å². The van der Waals surface area contributed by atoms with Crippen molar-refractivity contribution in [1.29, 1.82) is 0 Å². The van der Waals surface area contributed by atoms with Crippen molar-refractivity contribution in [2.75, 3.05) is 11.9 Å². The van der Waals surface area contributed by atoms with Gasteiger partial charge in [-0.2, -0.15) is 5.10 Å². The van der Waals surface area contributed by atoms with Crippen LogP contribution in [-0.2, 0) is 4.79 Å². The molecule has 1 aromatic carbocycles. The third-order valence-corrected chi connectivity index (χ3v) is 3.10. The molecule has 0 aliphatic rings. The highest BCUT2D eigenvalue weighted by Gasteiger charge is 2.00. The number of amides is 1. The Morgan fingerprint density at radius 1 is 1.30 bits per heavy atom. The van der Waals surface area contributed by atoms with Gasteiger partial charge in [0, 0.05) is 10.7 Å². The van der Waals surface area contributed by atoms with Crippen LogP contribution in [0.25, 0.3) is 0 Å². The molecule has 1 aromatic heterocycles. The lowest BCUT2D eigenvalue weighted by atomic mass is 10.3. The molecule has 0 radical (unpaired) electrons. The first-order chi connectivity index (χ1) is 9.63. The number of halogens is 2. The fourth-order valence-electron chi connectivity index (χ4n) is 1.36. The van der Waals surface area contributed by atoms with Gasteiger partial charge in [-0.1, -0.05) is 11.6 Å². The fraction of sp³-hybridized carbons (Fsp3) is 0.0769. The molecule has 0 saturated carbocycles. The minimum absolute atomic E-state index is 0.120. The molecule has 5 nitrogen and oxygen atoms in total. The molecule has 7 heteroatoms. The standard InChI is InChI=1S/C13H11ClIN3O2/c14-9-1-3-10(4-2-9)16-8-13(19)18-17-7-11-5-6-12(15)20-11/h1-7,16H,8H2,(H,18,19)/b17-7-. The normalized spacial score (nSPS) is 10.7. The first kappa shape index (κ1) is 14.9. The zero-order valence-corrected chi connectivity index (χ0v) is 13.2. The summed E-state index contributed by atoms with van der Waals surface area (Å²) in [5.74, 6) is 0.331. The molecule has 2 N–H and O–H groups in total. The summed E-state index contributed by atoms with van der Waals surface area (Å²) < 4.78 is 6.03. The van der Waals surface area contributed by atoms with Crippen molar-refractivity contribution in [3.8, 4) is 0 Å². The predicted molar refractivity (Wildman–Crippen MR) is 87.1 cm³/mol. The number of hydrazone groups is 1. The minimum atomic E-state index is -0.252. The molecular formula is C13H11ClIN3O2. The van der Waals surface area contributed by atoms with Gasteiger partial charge in [0.05, 0.1) is 12.8 Å². The Hall–Kier alpha value is -1.54. The van der Waals surface area contributed by atoms with Crippen molar-refractivity contribution < 1.29 is 9.21 Å². The van der Waals surface area contributed by atoms with E-state index in [4.69, 9.17) is 16.0 Å². The molecule has 104 valence electrons. The Morgan fingerprint density at radius 3 is 2.70 bits per heavy atom. The summed E-state index contributed by atoms with van der Waals surface area (Å²) in [5.41, 5.74) is 3.22. The Bertz CT molecular complexity index is 610. The molecule has 0 unspecified atom stereocenters. The third-order valence-electron chi connectivity index (χ3n) is 2.27. The van der Waals surface area contributed by atoms with Gasteiger partial charge in [0.15, 0.2) is 3.77 Å². The molecule has 0 atom stereocenters. The monoisotopic (exact) mass is 403 g/mol. The lowest BCUT2D eigenvalue weighted by molar-refractivity contribution is -0.119. The van der Waals surface area contributed by atoms with E-state index in [2.05, 4.69) is 38.4 Å². The Labute approximate surface area is 134 Å². The Balaban J connectivity index is 1.75. The van der Waals surface area contributed by atoms with E-state index in [-0.39, 0.29) is 12.5 Å². The Morgan fingerprint density at radius 2 is 2.05 bits per heavy atom. The molecule has 0 fully saturated rings. The molecular weight excluding hydrogens is 393 g/mol. The number of nitrogens with zero attached hydrogens (tertiary/aromatic N) is 1. The highest BCUT2D eigenvalue weighted by atomic mass is 127. The average Bonchev–Trinajstić information content (AvgIpc) is 2.84. The lowest BCUT2D eigenvalue weighted by Crippen LogP contribution is -2.25. The van der Waals surface area contributed by atoms with Crippen LogP contribution >= 0.6 is 34.2 Å². The largest absolute Gasteiger partial charge is 0.449 e. The molecule has 2 aromatic rings. The van der Waals surface area contributed by atoms with E-state index in [1.165, 1.54) is 6.21 Å². The number of benzene rings is 1. The van der Waals surface area contributed by atoms with E-state index in [0.717, 1.165) is 9.45 Å². The van der Waals surface area contributed by atoms with Crippen molar-refractivity contribution in [1.82, 2.24) is 5.43 Å². The summed E-state index contributed by atoms with van der Waals surface area (Å²) in [6, 6.07) is 10.7. The number of hydrogen-bond donors (Lipinski definition) is 2. The number of hydrogen-bond acceptors (Lipinski definition) is 4. The average molecular weight is 404 g/mol. The molecule has 1 heterocycles.